The van der Waals surface area contributed by atoms with Crippen molar-refractivity contribution in [3.8, 4) is 6.07 Å². The molecule has 136 valence electrons. The molecular formula is C21H12FN3O3. The minimum Gasteiger partial charge on any atom is -0.355 e. The molecular weight excluding hydrogens is 361 g/mol. The molecule has 0 aliphatic heterocycles. The molecule has 1 amide bonds. The van der Waals surface area contributed by atoms with Gasteiger partial charge in [0.05, 0.1) is 11.5 Å². The number of halogens is 1. The lowest BCUT2D eigenvalue weighted by molar-refractivity contribution is -0.117. The van der Waals surface area contributed by atoms with Crippen LogP contribution >= 0.6 is 0 Å². The van der Waals surface area contributed by atoms with E-state index in [4.69, 9.17) is 4.52 Å². The summed E-state index contributed by atoms with van der Waals surface area (Å²) in [5.41, 5.74) is 0.606. The molecule has 1 atom stereocenters. The summed E-state index contributed by atoms with van der Waals surface area (Å²) in [6.07, 6.45) is 0. The van der Waals surface area contributed by atoms with Gasteiger partial charge in [-0.15, -0.1) is 0 Å². The Labute approximate surface area is 158 Å². The van der Waals surface area contributed by atoms with Gasteiger partial charge in [-0.3, -0.25) is 9.59 Å². The largest absolute Gasteiger partial charge is 0.355 e. The van der Waals surface area contributed by atoms with Crippen LogP contribution in [0.15, 0.2) is 65.2 Å². The zero-order valence-electron chi connectivity index (χ0n) is 14.3. The molecule has 4 aromatic rings. The third-order valence-electron chi connectivity index (χ3n) is 4.36. The molecule has 1 N–H and O–H groups in total. The summed E-state index contributed by atoms with van der Waals surface area (Å²) in [6.45, 7) is 0. The SMILES string of the molecule is N#CC(C(=O)Nc1ccc(F)cc1)C(=O)c1noc2c1ccc1ccccc12. The maximum atomic E-state index is 13.0. The molecule has 0 bridgehead atoms. The Morgan fingerprint density at radius 2 is 1.79 bits per heavy atom. The van der Waals surface area contributed by atoms with Gasteiger partial charge in [0.2, 0.25) is 11.7 Å². The summed E-state index contributed by atoms with van der Waals surface area (Å²) >= 11 is 0. The van der Waals surface area contributed by atoms with E-state index >= 15 is 0 Å². The van der Waals surface area contributed by atoms with Crippen molar-refractivity contribution in [3.05, 3.63) is 72.2 Å². The molecule has 1 unspecified atom stereocenters. The number of amides is 1. The number of ketones is 1. The number of hydrogen-bond acceptors (Lipinski definition) is 5. The van der Waals surface area contributed by atoms with Crippen LogP contribution < -0.4 is 5.32 Å². The van der Waals surface area contributed by atoms with E-state index < -0.39 is 23.4 Å². The van der Waals surface area contributed by atoms with Gasteiger partial charge in [0, 0.05) is 11.1 Å². The quantitative estimate of drug-likeness (QED) is 0.429. The molecule has 0 aliphatic rings. The van der Waals surface area contributed by atoms with Crippen molar-refractivity contribution in [2.45, 2.75) is 0 Å². The Balaban J connectivity index is 1.67. The molecule has 4 rings (SSSR count). The molecule has 0 radical (unpaired) electrons. The number of nitrogens with one attached hydrogen (secondary N) is 1. The minimum absolute atomic E-state index is 0.0819. The molecule has 7 heteroatoms. The number of benzene rings is 3. The van der Waals surface area contributed by atoms with Gasteiger partial charge in [-0.1, -0.05) is 35.5 Å². The van der Waals surface area contributed by atoms with Crippen molar-refractivity contribution in [3.63, 3.8) is 0 Å². The number of carbonyl (C=O) groups excluding carboxylic acids is 2. The predicted molar refractivity (Wildman–Crippen MR) is 100.0 cm³/mol. The normalized spacial score (nSPS) is 11.9. The van der Waals surface area contributed by atoms with Crippen molar-refractivity contribution in [1.29, 1.82) is 5.26 Å². The smallest absolute Gasteiger partial charge is 0.249 e. The number of fused-ring (bicyclic) bond motifs is 3. The van der Waals surface area contributed by atoms with E-state index in [1.807, 2.05) is 30.3 Å². The number of nitrogens with zero attached hydrogens (tertiary/aromatic N) is 2. The van der Waals surface area contributed by atoms with E-state index in [-0.39, 0.29) is 11.4 Å². The van der Waals surface area contributed by atoms with Gasteiger partial charge in [0.15, 0.2) is 17.2 Å². The van der Waals surface area contributed by atoms with Crippen LogP contribution in [0.25, 0.3) is 21.7 Å². The number of anilines is 1. The average Bonchev–Trinajstić information content (AvgIpc) is 3.15. The summed E-state index contributed by atoms with van der Waals surface area (Å²) in [7, 11) is 0. The van der Waals surface area contributed by atoms with Gasteiger partial charge >= 0.3 is 0 Å². The molecule has 1 aromatic heterocycles. The van der Waals surface area contributed by atoms with E-state index in [2.05, 4.69) is 10.5 Å². The van der Waals surface area contributed by atoms with Crippen LogP contribution in [-0.2, 0) is 4.79 Å². The van der Waals surface area contributed by atoms with Gasteiger partial charge in [0.25, 0.3) is 0 Å². The maximum absolute atomic E-state index is 13.0. The van der Waals surface area contributed by atoms with Crippen LogP contribution in [-0.4, -0.2) is 16.8 Å². The van der Waals surface area contributed by atoms with Crippen molar-refractivity contribution >= 4 is 39.1 Å². The van der Waals surface area contributed by atoms with Crippen molar-refractivity contribution < 1.29 is 18.5 Å². The standard InChI is InChI=1S/C21H12FN3O3/c22-13-6-8-14(9-7-13)24-21(27)17(11-23)19(26)18-16-10-5-12-3-1-2-4-15(12)20(16)28-25-18/h1-10,17H,(H,24,27). The lowest BCUT2D eigenvalue weighted by Crippen LogP contribution is -2.29. The highest BCUT2D eigenvalue weighted by Crippen LogP contribution is 2.28. The first-order valence-electron chi connectivity index (χ1n) is 8.36. The van der Waals surface area contributed by atoms with Crippen LogP contribution in [0.4, 0.5) is 10.1 Å². The van der Waals surface area contributed by atoms with E-state index in [0.29, 0.717) is 11.0 Å². The average molecular weight is 373 g/mol. The second kappa shape index (κ2) is 6.93. The molecule has 1 heterocycles. The van der Waals surface area contributed by atoms with Gasteiger partial charge in [-0.25, -0.2) is 4.39 Å². The number of hydrogen-bond donors (Lipinski definition) is 1. The fourth-order valence-corrected chi connectivity index (χ4v) is 2.97. The number of aromatic nitrogens is 1. The van der Waals surface area contributed by atoms with Crippen LogP contribution in [0.3, 0.4) is 0 Å². The monoisotopic (exact) mass is 373 g/mol. The van der Waals surface area contributed by atoms with Crippen LogP contribution in [0.1, 0.15) is 10.5 Å². The van der Waals surface area contributed by atoms with E-state index in [9.17, 15) is 19.2 Å². The highest BCUT2D eigenvalue weighted by atomic mass is 19.1. The van der Waals surface area contributed by atoms with E-state index in [1.54, 1.807) is 12.1 Å². The predicted octanol–water partition coefficient (Wildman–Crippen LogP) is 4.08. The summed E-state index contributed by atoms with van der Waals surface area (Å²) in [4.78, 5) is 25.2. The fourth-order valence-electron chi connectivity index (χ4n) is 2.97. The van der Waals surface area contributed by atoms with Crippen molar-refractivity contribution in [1.82, 2.24) is 5.16 Å². The minimum atomic E-state index is -1.62. The molecule has 6 nitrogen and oxygen atoms in total. The zero-order chi connectivity index (χ0) is 19.7. The lowest BCUT2D eigenvalue weighted by Gasteiger charge is -2.08. The van der Waals surface area contributed by atoms with Crippen LogP contribution in [0.5, 0.6) is 0 Å². The highest BCUT2D eigenvalue weighted by Gasteiger charge is 2.31. The molecule has 28 heavy (non-hydrogen) atoms. The Morgan fingerprint density at radius 1 is 1.04 bits per heavy atom. The Kier molecular flexibility index (Phi) is 4.30. The highest BCUT2D eigenvalue weighted by molar-refractivity contribution is 6.20. The maximum Gasteiger partial charge on any atom is 0.249 e. The van der Waals surface area contributed by atoms with Gasteiger partial charge in [0.1, 0.15) is 5.82 Å². The molecule has 0 spiro atoms. The lowest BCUT2D eigenvalue weighted by atomic mass is 9.98. The van der Waals surface area contributed by atoms with Crippen LogP contribution in [0.2, 0.25) is 0 Å². The molecule has 0 saturated carbocycles. The summed E-state index contributed by atoms with van der Waals surface area (Å²) < 4.78 is 18.3. The zero-order valence-corrected chi connectivity index (χ0v) is 14.3. The Bertz CT molecular complexity index is 1260. The first kappa shape index (κ1) is 17.4. The van der Waals surface area contributed by atoms with E-state index in [1.165, 1.54) is 12.1 Å². The topological polar surface area (TPSA) is 96.0 Å². The third kappa shape index (κ3) is 2.97. The van der Waals surface area contributed by atoms with Crippen molar-refractivity contribution in [2.24, 2.45) is 5.92 Å². The number of Topliss-reactive ketones (excluding diaryl/α,β-unsaturated/α-hetero) is 1. The van der Waals surface area contributed by atoms with Gasteiger partial charge < -0.3 is 9.84 Å². The first-order valence-corrected chi connectivity index (χ1v) is 8.36. The number of rotatable bonds is 4. The van der Waals surface area contributed by atoms with Crippen molar-refractivity contribution in [2.75, 3.05) is 5.32 Å². The molecule has 0 saturated heterocycles. The summed E-state index contributed by atoms with van der Waals surface area (Å²) in [6, 6.07) is 17.6. The Morgan fingerprint density at radius 3 is 2.54 bits per heavy atom. The van der Waals surface area contributed by atoms with E-state index in [0.717, 1.165) is 22.9 Å². The second-order valence-electron chi connectivity index (χ2n) is 6.12. The summed E-state index contributed by atoms with van der Waals surface area (Å²) in [5, 5.41) is 17.7. The van der Waals surface area contributed by atoms with Gasteiger partial charge in [-0.2, -0.15) is 5.26 Å². The summed E-state index contributed by atoms with van der Waals surface area (Å²) in [5.74, 6) is -3.68. The molecule has 0 fully saturated rings. The fraction of sp³-hybridized carbons (Fsp3) is 0.0476. The number of nitriles is 1. The molecule has 0 aliphatic carbocycles. The molecule has 3 aromatic carbocycles. The first-order chi connectivity index (χ1) is 13.6. The number of carbonyl (C=O) groups is 2. The Hall–Kier alpha value is -4.05. The van der Waals surface area contributed by atoms with Gasteiger partial charge in [-0.05, 0) is 35.7 Å². The second-order valence-corrected chi connectivity index (χ2v) is 6.12. The van der Waals surface area contributed by atoms with Crippen LogP contribution in [0, 0.1) is 23.1 Å². The third-order valence-corrected chi connectivity index (χ3v) is 4.36.